The van der Waals surface area contributed by atoms with Gasteiger partial charge in [-0.05, 0) is 41.0 Å². The summed E-state index contributed by atoms with van der Waals surface area (Å²) in [4.78, 5) is 27.2. The van der Waals surface area contributed by atoms with Crippen LogP contribution in [-0.4, -0.2) is 51.6 Å². The Morgan fingerprint density at radius 1 is 1.15 bits per heavy atom. The highest BCUT2D eigenvalue weighted by Gasteiger charge is 2.39. The molecule has 0 rings (SSSR count). The molecule has 0 aromatic rings. The lowest BCUT2D eigenvalue weighted by atomic mass is 10.0. The molecule has 0 saturated heterocycles. The van der Waals surface area contributed by atoms with Crippen molar-refractivity contribution >= 4 is 12.0 Å². The first-order valence-corrected chi connectivity index (χ1v) is 7.51. The second kappa shape index (κ2) is 8.12. The number of hydrogen-bond donors (Lipinski definition) is 1. The van der Waals surface area contributed by atoms with Crippen molar-refractivity contribution in [2.75, 3.05) is 13.1 Å². The molecule has 118 valence electrons. The van der Waals surface area contributed by atoms with Crippen LogP contribution in [-0.2, 0) is 4.79 Å². The zero-order valence-corrected chi connectivity index (χ0v) is 13.8. The van der Waals surface area contributed by atoms with Crippen molar-refractivity contribution in [3.8, 4) is 0 Å². The molecule has 0 unspecified atom stereocenters. The van der Waals surface area contributed by atoms with Gasteiger partial charge in [0.15, 0.2) is 0 Å². The van der Waals surface area contributed by atoms with E-state index in [-0.39, 0.29) is 12.1 Å². The number of hydrogen-bond acceptors (Lipinski definition) is 2. The van der Waals surface area contributed by atoms with E-state index in [4.69, 9.17) is 0 Å². The fourth-order valence-corrected chi connectivity index (χ4v) is 2.15. The summed E-state index contributed by atoms with van der Waals surface area (Å²) in [6, 6.07) is -0.121. The average Bonchev–Trinajstić information content (AvgIpc) is 2.34. The Labute approximate surface area is 122 Å². The van der Waals surface area contributed by atoms with Gasteiger partial charge in [0.25, 0.3) is 0 Å². The van der Waals surface area contributed by atoms with Gasteiger partial charge in [-0.15, -0.1) is 0 Å². The second-order valence-corrected chi connectivity index (χ2v) is 5.89. The molecule has 0 aromatic carbocycles. The van der Waals surface area contributed by atoms with Crippen LogP contribution < -0.4 is 0 Å². The summed E-state index contributed by atoms with van der Waals surface area (Å²) < 4.78 is 0. The Morgan fingerprint density at radius 2 is 1.70 bits per heavy atom. The normalized spacial score (nSPS) is 11.6. The van der Waals surface area contributed by atoms with Crippen molar-refractivity contribution < 1.29 is 14.7 Å². The van der Waals surface area contributed by atoms with Crippen LogP contribution in [0, 0.1) is 0 Å². The highest BCUT2D eigenvalue weighted by atomic mass is 16.4. The van der Waals surface area contributed by atoms with Gasteiger partial charge in [0.2, 0.25) is 0 Å². The number of amides is 2. The maximum atomic E-state index is 12.6. The smallest absolute Gasteiger partial charge is 0.329 e. The van der Waals surface area contributed by atoms with E-state index < -0.39 is 11.5 Å². The summed E-state index contributed by atoms with van der Waals surface area (Å²) in [5.74, 6) is -0.982. The maximum Gasteiger partial charge on any atom is 0.329 e. The molecule has 0 aromatic heterocycles. The maximum absolute atomic E-state index is 12.6. The van der Waals surface area contributed by atoms with Gasteiger partial charge < -0.3 is 14.9 Å². The SMILES string of the molecule is CCCCCN(C(=O)N(CC)C(C)(C)C(=O)O)C(C)C. The number of carboxylic acids is 1. The molecule has 0 saturated carbocycles. The van der Waals surface area contributed by atoms with Gasteiger partial charge in [0.05, 0.1) is 0 Å². The molecule has 0 radical (unpaired) electrons. The van der Waals surface area contributed by atoms with Crippen molar-refractivity contribution in [3.63, 3.8) is 0 Å². The predicted octanol–water partition coefficient (Wildman–Crippen LogP) is 3.19. The van der Waals surface area contributed by atoms with E-state index in [1.807, 2.05) is 20.8 Å². The van der Waals surface area contributed by atoms with Gasteiger partial charge in [-0.25, -0.2) is 9.59 Å². The summed E-state index contributed by atoms with van der Waals surface area (Å²) in [6.45, 7) is 12.1. The summed E-state index contributed by atoms with van der Waals surface area (Å²) >= 11 is 0. The Balaban J connectivity index is 5.06. The first kappa shape index (κ1) is 18.7. The van der Waals surface area contributed by atoms with Gasteiger partial charge in [0.1, 0.15) is 5.54 Å². The second-order valence-electron chi connectivity index (χ2n) is 5.89. The van der Waals surface area contributed by atoms with Crippen molar-refractivity contribution in [2.45, 2.75) is 72.4 Å². The summed E-state index contributed by atoms with van der Waals surface area (Å²) in [6.07, 6.45) is 3.12. The Hall–Kier alpha value is -1.26. The Morgan fingerprint density at radius 3 is 2.05 bits per heavy atom. The number of urea groups is 1. The van der Waals surface area contributed by atoms with Crippen LogP contribution in [0.25, 0.3) is 0 Å². The number of carbonyl (C=O) groups is 2. The van der Waals surface area contributed by atoms with Crippen LogP contribution in [0.5, 0.6) is 0 Å². The summed E-state index contributed by atoms with van der Waals surface area (Å²) in [5.41, 5.74) is -1.19. The third-order valence-electron chi connectivity index (χ3n) is 3.62. The molecule has 0 aliphatic rings. The number of aliphatic carboxylic acids is 1. The quantitative estimate of drug-likeness (QED) is 0.697. The molecule has 2 amide bonds. The first-order chi connectivity index (χ1) is 9.19. The molecule has 20 heavy (non-hydrogen) atoms. The first-order valence-electron chi connectivity index (χ1n) is 7.51. The number of unbranched alkanes of at least 4 members (excludes halogenated alkanes) is 2. The van der Waals surface area contributed by atoms with Crippen LogP contribution in [0.1, 0.15) is 60.8 Å². The largest absolute Gasteiger partial charge is 0.480 e. The van der Waals surface area contributed by atoms with Crippen LogP contribution in [0.15, 0.2) is 0 Å². The highest BCUT2D eigenvalue weighted by molar-refractivity contribution is 5.85. The Kier molecular flexibility index (Phi) is 7.61. The lowest BCUT2D eigenvalue weighted by Gasteiger charge is -2.39. The fraction of sp³-hybridized carbons (Fsp3) is 0.867. The van der Waals surface area contributed by atoms with Gasteiger partial charge in [-0.3, -0.25) is 0 Å². The standard InChI is InChI=1S/C15H30N2O3/c1-7-9-10-11-16(12(3)4)14(20)17(8-2)15(5,6)13(18)19/h12H,7-11H2,1-6H3,(H,18,19). The van der Waals surface area contributed by atoms with Crippen LogP contribution in [0.2, 0.25) is 0 Å². The molecule has 0 bridgehead atoms. The van der Waals surface area contributed by atoms with Gasteiger partial charge in [-0.1, -0.05) is 19.8 Å². The molecule has 0 spiro atoms. The fourth-order valence-electron chi connectivity index (χ4n) is 2.15. The molecule has 5 heteroatoms. The number of carboxylic acid groups (broad SMARTS) is 1. The van der Waals surface area contributed by atoms with Crippen molar-refractivity contribution in [3.05, 3.63) is 0 Å². The van der Waals surface area contributed by atoms with Crippen LogP contribution in [0.3, 0.4) is 0 Å². The summed E-state index contributed by atoms with van der Waals surface area (Å²) in [5, 5.41) is 9.31. The van der Waals surface area contributed by atoms with Crippen molar-refractivity contribution in [2.24, 2.45) is 0 Å². The summed E-state index contributed by atoms with van der Waals surface area (Å²) in [7, 11) is 0. The van der Waals surface area contributed by atoms with E-state index >= 15 is 0 Å². The topological polar surface area (TPSA) is 60.9 Å². The highest BCUT2D eigenvalue weighted by Crippen LogP contribution is 2.18. The monoisotopic (exact) mass is 286 g/mol. The molecule has 0 aliphatic heterocycles. The van der Waals surface area contributed by atoms with Crippen molar-refractivity contribution in [1.29, 1.82) is 0 Å². The molecule has 1 N–H and O–H groups in total. The Bertz CT molecular complexity index is 327. The molecule has 0 fully saturated rings. The van der Waals surface area contributed by atoms with E-state index in [1.54, 1.807) is 18.7 Å². The predicted molar refractivity (Wildman–Crippen MR) is 80.9 cm³/mol. The lowest BCUT2D eigenvalue weighted by Crippen LogP contribution is -2.58. The number of carbonyl (C=O) groups excluding carboxylic acids is 1. The third-order valence-corrected chi connectivity index (χ3v) is 3.62. The van der Waals surface area contributed by atoms with Gasteiger partial charge in [-0.2, -0.15) is 0 Å². The van der Waals surface area contributed by atoms with E-state index in [0.717, 1.165) is 19.3 Å². The molecule has 0 aliphatic carbocycles. The van der Waals surface area contributed by atoms with E-state index in [2.05, 4.69) is 6.92 Å². The third kappa shape index (κ3) is 4.69. The van der Waals surface area contributed by atoms with Crippen molar-refractivity contribution in [1.82, 2.24) is 9.80 Å². The van der Waals surface area contributed by atoms with Crippen LogP contribution in [0.4, 0.5) is 4.79 Å². The van der Waals surface area contributed by atoms with E-state index in [9.17, 15) is 14.7 Å². The number of rotatable bonds is 8. The van der Waals surface area contributed by atoms with E-state index in [0.29, 0.717) is 13.1 Å². The zero-order valence-electron chi connectivity index (χ0n) is 13.8. The number of likely N-dealkylation sites (N-methyl/N-ethyl adjacent to an activating group) is 1. The molecule has 0 heterocycles. The molecule has 0 atom stereocenters. The van der Waals surface area contributed by atoms with E-state index in [1.165, 1.54) is 4.90 Å². The molecule has 5 nitrogen and oxygen atoms in total. The number of nitrogens with zero attached hydrogens (tertiary/aromatic N) is 2. The van der Waals surface area contributed by atoms with Gasteiger partial charge >= 0.3 is 12.0 Å². The zero-order chi connectivity index (χ0) is 15.9. The minimum Gasteiger partial charge on any atom is -0.480 e. The lowest BCUT2D eigenvalue weighted by molar-refractivity contribution is -0.147. The average molecular weight is 286 g/mol. The molecular weight excluding hydrogens is 256 g/mol. The minimum absolute atomic E-state index is 0.0676. The van der Waals surface area contributed by atoms with Gasteiger partial charge in [0, 0.05) is 19.1 Å². The molecular formula is C15H30N2O3. The van der Waals surface area contributed by atoms with Crippen LogP contribution >= 0.6 is 0 Å². The minimum atomic E-state index is -1.19.